The van der Waals surface area contributed by atoms with Gasteiger partial charge in [-0.2, -0.15) is 0 Å². The van der Waals surface area contributed by atoms with Gasteiger partial charge in [0.25, 0.3) is 5.91 Å². The lowest BCUT2D eigenvalue weighted by Crippen LogP contribution is -2.20. The number of carbonyl (C=O) groups excluding carboxylic acids is 2. The van der Waals surface area contributed by atoms with Crippen LogP contribution in [0.15, 0.2) is 30.3 Å². The molecule has 0 aliphatic heterocycles. The van der Waals surface area contributed by atoms with Crippen LogP contribution in [0.3, 0.4) is 0 Å². The number of fused-ring (bicyclic) bond motifs is 1. The molecule has 1 heterocycles. The van der Waals surface area contributed by atoms with Crippen molar-refractivity contribution < 1.29 is 14.3 Å². The van der Waals surface area contributed by atoms with Crippen LogP contribution in [0.1, 0.15) is 45.9 Å². The summed E-state index contributed by atoms with van der Waals surface area (Å²) in [5, 5.41) is 2.74. The SMILES string of the molecule is CCc1ccc(NC(=O)COC(=O)c2cc3c(s2)CC[C@@H](C)C3)cc1. The van der Waals surface area contributed by atoms with Crippen molar-refractivity contribution in [2.75, 3.05) is 11.9 Å². The smallest absolute Gasteiger partial charge is 0.348 e. The molecular formula is C20H23NO3S. The molecule has 3 rings (SSSR count). The number of benzene rings is 1. The van der Waals surface area contributed by atoms with E-state index in [1.165, 1.54) is 33.8 Å². The standard InChI is InChI=1S/C20H23NO3S/c1-3-14-5-7-16(8-6-14)21-19(22)12-24-20(23)18-11-15-10-13(2)4-9-17(15)25-18/h5-8,11,13H,3-4,9-10,12H2,1-2H3,(H,21,22)/t13-/m1/s1. The fourth-order valence-electron chi connectivity index (χ4n) is 3.03. The maximum Gasteiger partial charge on any atom is 0.348 e. The van der Waals surface area contributed by atoms with E-state index in [1.807, 2.05) is 30.3 Å². The van der Waals surface area contributed by atoms with Crippen molar-refractivity contribution in [3.63, 3.8) is 0 Å². The minimum absolute atomic E-state index is 0.271. The molecule has 1 aliphatic carbocycles. The number of carbonyl (C=O) groups is 2. The monoisotopic (exact) mass is 357 g/mol. The highest BCUT2D eigenvalue weighted by Gasteiger charge is 2.21. The minimum atomic E-state index is -0.413. The Hall–Kier alpha value is -2.14. The maximum absolute atomic E-state index is 12.2. The van der Waals surface area contributed by atoms with Crippen LogP contribution in [0, 0.1) is 5.92 Å². The third kappa shape index (κ3) is 4.48. The number of aryl methyl sites for hydroxylation is 2. The Labute approximate surface area is 152 Å². The highest BCUT2D eigenvalue weighted by Crippen LogP contribution is 2.32. The van der Waals surface area contributed by atoms with Crippen molar-refractivity contribution >= 4 is 28.9 Å². The van der Waals surface area contributed by atoms with Gasteiger partial charge in [0, 0.05) is 10.6 Å². The highest BCUT2D eigenvalue weighted by atomic mass is 32.1. The van der Waals surface area contributed by atoms with Crippen LogP contribution in [0.5, 0.6) is 0 Å². The summed E-state index contributed by atoms with van der Waals surface area (Å²) in [5.41, 5.74) is 3.18. The van der Waals surface area contributed by atoms with Gasteiger partial charge in [-0.05, 0) is 60.9 Å². The first-order valence-corrected chi connectivity index (χ1v) is 9.54. The molecule has 1 aromatic carbocycles. The van der Waals surface area contributed by atoms with Crippen molar-refractivity contribution in [1.29, 1.82) is 0 Å². The summed E-state index contributed by atoms with van der Waals surface area (Å²) in [4.78, 5) is 26.0. The zero-order valence-electron chi connectivity index (χ0n) is 14.6. The molecule has 0 radical (unpaired) electrons. The second-order valence-electron chi connectivity index (χ2n) is 6.58. The van der Waals surface area contributed by atoms with Gasteiger partial charge in [-0.1, -0.05) is 26.0 Å². The molecule has 2 aromatic rings. The van der Waals surface area contributed by atoms with Crippen molar-refractivity contribution in [2.45, 2.75) is 39.5 Å². The molecule has 0 bridgehead atoms. The third-order valence-electron chi connectivity index (χ3n) is 4.51. The summed E-state index contributed by atoms with van der Waals surface area (Å²) in [6, 6.07) is 9.58. The van der Waals surface area contributed by atoms with Crippen molar-refractivity contribution in [1.82, 2.24) is 0 Å². The van der Waals surface area contributed by atoms with Gasteiger partial charge in [-0.3, -0.25) is 4.79 Å². The summed E-state index contributed by atoms with van der Waals surface area (Å²) in [5.74, 6) is -0.0769. The molecule has 1 atom stereocenters. The fraction of sp³-hybridized carbons (Fsp3) is 0.400. The van der Waals surface area contributed by atoms with Gasteiger partial charge in [0.2, 0.25) is 0 Å². The number of amides is 1. The first-order valence-electron chi connectivity index (χ1n) is 8.72. The minimum Gasteiger partial charge on any atom is -0.451 e. The topological polar surface area (TPSA) is 55.4 Å². The van der Waals surface area contributed by atoms with Gasteiger partial charge in [0.1, 0.15) is 4.88 Å². The number of hydrogen-bond donors (Lipinski definition) is 1. The second-order valence-corrected chi connectivity index (χ2v) is 7.72. The summed E-state index contributed by atoms with van der Waals surface area (Å²) < 4.78 is 5.17. The number of anilines is 1. The molecule has 0 unspecified atom stereocenters. The highest BCUT2D eigenvalue weighted by molar-refractivity contribution is 7.14. The Morgan fingerprint density at radius 3 is 2.76 bits per heavy atom. The number of esters is 1. The zero-order valence-corrected chi connectivity index (χ0v) is 15.4. The molecule has 5 heteroatoms. The van der Waals surface area contributed by atoms with Crippen LogP contribution in [-0.4, -0.2) is 18.5 Å². The normalized spacial score (nSPS) is 16.2. The quantitative estimate of drug-likeness (QED) is 0.815. The van der Waals surface area contributed by atoms with E-state index < -0.39 is 5.97 Å². The lowest BCUT2D eigenvalue weighted by atomic mass is 9.90. The maximum atomic E-state index is 12.2. The van der Waals surface area contributed by atoms with Crippen molar-refractivity contribution in [3.8, 4) is 0 Å². The van der Waals surface area contributed by atoms with E-state index in [1.54, 1.807) is 0 Å². The van der Waals surface area contributed by atoms with Gasteiger partial charge in [0.05, 0.1) is 0 Å². The molecule has 1 aromatic heterocycles. The Kier molecular flexibility index (Phi) is 5.53. The van der Waals surface area contributed by atoms with Crippen molar-refractivity contribution in [2.24, 2.45) is 5.92 Å². The second kappa shape index (κ2) is 7.83. The lowest BCUT2D eigenvalue weighted by molar-refractivity contribution is -0.119. The zero-order chi connectivity index (χ0) is 17.8. The molecule has 0 saturated heterocycles. The van der Waals surface area contributed by atoms with Gasteiger partial charge in [0.15, 0.2) is 6.61 Å². The first-order chi connectivity index (χ1) is 12.0. The number of hydrogen-bond acceptors (Lipinski definition) is 4. The third-order valence-corrected chi connectivity index (χ3v) is 5.73. The van der Waals surface area contributed by atoms with E-state index in [4.69, 9.17) is 4.74 Å². The van der Waals surface area contributed by atoms with Gasteiger partial charge in [-0.25, -0.2) is 4.79 Å². The molecule has 25 heavy (non-hydrogen) atoms. The molecule has 132 valence electrons. The van der Waals surface area contributed by atoms with Crippen molar-refractivity contribution in [3.05, 3.63) is 51.2 Å². The molecule has 0 fully saturated rings. The molecule has 4 nitrogen and oxygen atoms in total. The van der Waals surface area contributed by atoms with Gasteiger partial charge in [-0.15, -0.1) is 11.3 Å². The molecular weight excluding hydrogens is 334 g/mol. The number of rotatable bonds is 5. The summed E-state index contributed by atoms with van der Waals surface area (Å²) >= 11 is 1.50. The van der Waals surface area contributed by atoms with E-state index >= 15 is 0 Å². The van der Waals surface area contributed by atoms with E-state index in [0.717, 1.165) is 19.3 Å². The van der Waals surface area contributed by atoms with E-state index in [-0.39, 0.29) is 12.5 Å². The largest absolute Gasteiger partial charge is 0.451 e. The van der Waals surface area contributed by atoms with Crippen LogP contribution >= 0.6 is 11.3 Å². The van der Waals surface area contributed by atoms with Crippen LogP contribution < -0.4 is 5.32 Å². The fourth-order valence-corrected chi connectivity index (χ4v) is 4.13. The average molecular weight is 357 g/mol. The van der Waals surface area contributed by atoms with Gasteiger partial charge < -0.3 is 10.1 Å². The van der Waals surface area contributed by atoms with E-state index in [0.29, 0.717) is 16.5 Å². The number of ether oxygens (including phenoxy) is 1. The first kappa shape index (κ1) is 17.7. The lowest BCUT2D eigenvalue weighted by Gasteiger charge is -2.16. The molecule has 0 spiro atoms. The van der Waals surface area contributed by atoms with Crippen LogP contribution in [0.2, 0.25) is 0 Å². The predicted molar refractivity (Wildman–Crippen MR) is 100 cm³/mol. The van der Waals surface area contributed by atoms with Gasteiger partial charge >= 0.3 is 5.97 Å². The van der Waals surface area contributed by atoms with E-state index in [2.05, 4.69) is 19.2 Å². The Bertz CT molecular complexity index is 764. The number of thiophene rings is 1. The molecule has 0 saturated carbocycles. The summed E-state index contributed by atoms with van der Waals surface area (Å²) in [7, 11) is 0. The average Bonchev–Trinajstić information content (AvgIpc) is 3.03. The molecule has 1 amide bonds. The predicted octanol–water partition coefficient (Wildman–Crippen LogP) is 4.23. The molecule has 1 N–H and O–H groups in total. The van der Waals surface area contributed by atoms with E-state index in [9.17, 15) is 9.59 Å². The van der Waals surface area contributed by atoms with Crippen LogP contribution in [-0.2, 0) is 28.8 Å². The number of nitrogens with one attached hydrogen (secondary N) is 1. The molecule has 1 aliphatic rings. The van der Waals surface area contributed by atoms with Crippen LogP contribution in [0.4, 0.5) is 5.69 Å². The Balaban J connectivity index is 1.52. The van der Waals surface area contributed by atoms with Crippen LogP contribution in [0.25, 0.3) is 0 Å². The summed E-state index contributed by atoms with van der Waals surface area (Å²) in [6.45, 7) is 4.04. The summed E-state index contributed by atoms with van der Waals surface area (Å²) in [6.07, 6.45) is 4.17. The Morgan fingerprint density at radius 1 is 1.28 bits per heavy atom. The Morgan fingerprint density at radius 2 is 2.04 bits per heavy atom.